The maximum absolute atomic E-state index is 5.67. The van der Waals surface area contributed by atoms with Crippen LogP contribution < -0.4 is 9.47 Å². The maximum Gasteiger partial charge on any atom is 0.183 e. The molecule has 0 aromatic heterocycles. The van der Waals surface area contributed by atoms with Crippen LogP contribution in [0, 0.1) is 0 Å². The van der Waals surface area contributed by atoms with Gasteiger partial charge in [0.2, 0.25) is 0 Å². The van der Waals surface area contributed by atoms with Crippen molar-refractivity contribution in [3.05, 3.63) is 23.8 Å². The van der Waals surface area contributed by atoms with Gasteiger partial charge < -0.3 is 9.47 Å². The summed E-state index contributed by atoms with van der Waals surface area (Å²) in [5, 5.41) is 0. The molecule has 0 bridgehead atoms. The molecule has 1 heterocycles. The molecule has 0 spiro atoms. The van der Waals surface area contributed by atoms with E-state index in [1.807, 2.05) is 18.2 Å². The molecule has 0 unspecified atom stereocenters. The average Bonchev–Trinajstić information content (AvgIpc) is 2.40. The quantitative estimate of drug-likeness (QED) is 0.650. The molecule has 0 saturated heterocycles. The van der Waals surface area contributed by atoms with E-state index in [4.69, 9.17) is 9.47 Å². The molecule has 1 aromatic carbocycles. The molecule has 0 amide bonds. The predicted molar refractivity (Wildman–Crippen MR) is 59.3 cm³/mol. The molecule has 3 nitrogen and oxygen atoms in total. The molecule has 0 N–H and O–H groups in total. The third kappa shape index (κ3) is 1.82. The summed E-state index contributed by atoms with van der Waals surface area (Å²) >= 11 is 0. The van der Waals surface area contributed by atoms with E-state index in [2.05, 4.69) is 18.5 Å². The number of methoxy groups -OCH3 is 1. The topological polar surface area (TPSA) is 21.5 Å². The van der Waals surface area contributed by atoms with Crippen molar-refractivity contribution >= 4 is 5.71 Å². The van der Waals surface area contributed by atoms with E-state index < -0.39 is 0 Å². The number of benzene rings is 1. The van der Waals surface area contributed by atoms with Crippen LogP contribution in [0.5, 0.6) is 11.5 Å². The fraction of sp³-hybridized carbons (Fsp3) is 0.417. The second-order valence-electron chi connectivity index (χ2n) is 3.72. The van der Waals surface area contributed by atoms with E-state index in [9.17, 15) is 0 Å². The smallest absolute Gasteiger partial charge is 0.183 e. The van der Waals surface area contributed by atoms with Gasteiger partial charge in [-0.1, -0.05) is 0 Å². The Balaban J connectivity index is 2.54. The molecule has 1 aliphatic heterocycles. The van der Waals surface area contributed by atoms with Crippen molar-refractivity contribution < 1.29 is 14.0 Å². The molecule has 0 radical (unpaired) electrons. The van der Waals surface area contributed by atoms with Crippen LogP contribution in [0.3, 0.4) is 0 Å². The van der Waals surface area contributed by atoms with Gasteiger partial charge in [0.05, 0.1) is 12.7 Å². The van der Waals surface area contributed by atoms with E-state index in [0.29, 0.717) is 0 Å². The second kappa shape index (κ2) is 3.93. The minimum atomic E-state index is 0.729. The van der Waals surface area contributed by atoms with Crippen molar-refractivity contribution in [3.8, 4) is 11.5 Å². The molecule has 0 atom stereocenters. The lowest BCUT2D eigenvalue weighted by molar-refractivity contribution is -0.497. The Morgan fingerprint density at radius 3 is 2.93 bits per heavy atom. The first kappa shape index (κ1) is 10.0. The number of nitrogens with zero attached hydrogens (tertiary/aromatic N) is 1. The lowest BCUT2D eigenvalue weighted by Crippen LogP contribution is -2.17. The van der Waals surface area contributed by atoms with E-state index in [-0.39, 0.29) is 0 Å². The zero-order valence-electron chi connectivity index (χ0n) is 9.41. The SMILES string of the molecule is COc1ccc2c(c1)C(C)=[N+](C)CCO2. The van der Waals surface area contributed by atoms with Crippen LogP contribution in [0.25, 0.3) is 0 Å². The lowest BCUT2D eigenvalue weighted by Gasteiger charge is -2.06. The molecule has 1 aromatic rings. The first-order chi connectivity index (χ1) is 7.22. The van der Waals surface area contributed by atoms with Crippen molar-refractivity contribution in [1.82, 2.24) is 0 Å². The van der Waals surface area contributed by atoms with Gasteiger partial charge in [-0.25, -0.2) is 4.58 Å². The van der Waals surface area contributed by atoms with Crippen molar-refractivity contribution in [1.29, 1.82) is 0 Å². The molecule has 1 aliphatic rings. The summed E-state index contributed by atoms with van der Waals surface area (Å²) in [5.41, 5.74) is 2.34. The van der Waals surface area contributed by atoms with E-state index >= 15 is 0 Å². The average molecular weight is 206 g/mol. The number of rotatable bonds is 1. The Bertz CT molecular complexity index is 410. The van der Waals surface area contributed by atoms with Gasteiger partial charge in [0.25, 0.3) is 0 Å². The molecule has 2 rings (SSSR count). The lowest BCUT2D eigenvalue weighted by atomic mass is 10.1. The summed E-state index contributed by atoms with van der Waals surface area (Å²) in [7, 11) is 3.76. The van der Waals surface area contributed by atoms with Crippen molar-refractivity contribution in [3.63, 3.8) is 0 Å². The number of fused-ring (bicyclic) bond motifs is 1. The summed E-state index contributed by atoms with van der Waals surface area (Å²) in [5.74, 6) is 1.81. The number of hydrogen-bond acceptors (Lipinski definition) is 2. The van der Waals surface area contributed by atoms with Gasteiger partial charge in [-0.3, -0.25) is 0 Å². The highest BCUT2D eigenvalue weighted by molar-refractivity contribution is 5.98. The van der Waals surface area contributed by atoms with Gasteiger partial charge in [-0.2, -0.15) is 0 Å². The normalized spacial score (nSPS) is 15.4. The number of likely N-dealkylation sites (N-methyl/N-ethyl adjacent to an activating group) is 1. The van der Waals surface area contributed by atoms with Crippen molar-refractivity contribution in [2.24, 2.45) is 0 Å². The fourth-order valence-corrected chi connectivity index (χ4v) is 1.71. The minimum Gasteiger partial charge on any atom is -0.497 e. The van der Waals surface area contributed by atoms with Gasteiger partial charge in [0.1, 0.15) is 25.2 Å². The Morgan fingerprint density at radius 1 is 1.40 bits per heavy atom. The summed E-state index contributed by atoms with van der Waals surface area (Å²) in [6.07, 6.45) is 0. The first-order valence-electron chi connectivity index (χ1n) is 5.08. The molecular weight excluding hydrogens is 190 g/mol. The third-order valence-electron chi connectivity index (χ3n) is 2.83. The van der Waals surface area contributed by atoms with Crippen LogP contribution in [0.1, 0.15) is 12.5 Å². The van der Waals surface area contributed by atoms with Crippen LogP contribution in [0.15, 0.2) is 18.2 Å². The molecule has 80 valence electrons. The van der Waals surface area contributed by atoms with E-state index in [0.717, 1.165) is 30.2 Å². The van der Waals surface area contributed by atoms with Gasteiger partial charge >= 0.3 is 0 Å². The Kier molecular flexibility index (Phi) is 2.62. The largest absolute Gasteiger partial charge is 0.497 e. The fourth-order valence-electron chi connectivity index (χ4n) is 1.71. The van der Waals surface area contributed by atoms with Crippen LogP contribution in [-0.2, 0) is 0 Å². The van der Waals surface area contributed by atoms with Gasteiger partial charge in [-0.05, 0) is 18.2 Å². The molecule has 3 heteroatoms. The maximum atomic E-state index is 5.67. The second-order valence-corrected chi connectivity index (χ2v) is 3.72. The highest BCUT2D eigenvalue weighted by atomic mass is 16.5. The molecular formula is C12H16NO2+. The molecule has 0 aliphatic carbocycles. The van der Waals surface area contributed by atoms with Crippen LogP contribution in [0.2, 0.25) is 0 Å². The number of hydrogen-bond donors (Lipinski definition) is 0. The third-order valence-corrected chi connectivity index (χ3v) is 2.83. The zero-order chi connectivity index (χ0) is 10.8. The first-order valence-corrected chi connectivity index (χ1v) is 5.08. The predicted octanol–water partition coefficient (Wildman–Crippen LogP) is 1.54. The minimum absolute atomic E-state index is 0.729. The highest BCUT2D eigenvalue weighted by Crippen LogP contribution is 2.25. The summed E-state index contributed by atoms with van der Waals surface area (Å²) in [4.78, 5) is 0. The Labute approximate surface area is 89.9 Å². The van der Waals surface area contributed by atoms with Gasteiger partial charge in [0, 0.05) is 6.92 Å². The van der Waals surface area contributed by atoms with Gasteiger partial charge in [-0.15, -0.1) is 0 Å². The molecule has 0 saturated carbocycles. The molecule has 15 heavy (non-hydrogen) atoms. The van der Waals surface area contributed by atoms with Crippen molar-refractivity contribution in [2.75, 3.05) is 27.3 Å². The summed E-state index contributed by atoms with van der Waals surface area (Å²) in [6.45, 7) is 3.75. The van der Waals surface area contributed by atoms with E-state index in [1.165, 1.54) is 5.71 Å². The number of ether oxygens (including phenoxy) is 2. The van der Waals surface area contributed by atoms with Crippen molar-refractivity contribution in [2.45, 2.75) is 6.92 Å². The van der Waals surface area contributed by atoms with Crippen LogP contribution in [0.4, 0.5) is 0 Å². The van der Waals surface area contributed by atoms with Crippen LogP contribution in [-0.4, -0.2) is 37.6 Å². The zero-order valence-corrected chi connectivity index (χ0v) is 9.41. The summed E-state index contributed by atoms with van der Waals surface area (Å²) in [6, 6.07) is 5.92. The Hall–Kier alpha value is -1.51. The highest BCUT2D eigenvalue weighted by Gasteiger charge is 2.18. The van der Waals surface area contributed by atoms with E-state index in [1.54, 1.807) is 7.11 Å². The summed E-state index contributed by atoms with van der Waals surface area (Å²) < 4.78 is 13.1. The molecule has 0 fully saturated rings. The van der Waals surface area contributed by atoms with Gasteiger partial charge in [0.15, 0.2) is 12.3 Å². The van der Waals surface area contributed by atoms with Crippen LogP contribution >= 0.6 is 0 Å². The standard InChI is InChI=1S/C12H16NO2/c1-9-11-8-10(14-3)4-5-12(11)15-7-6-13(9)2/h4-5,8H,6-7H2,1-3H3/q+1. The monoisotopic (exact) mass is 206 g/mol. The Morgan fingerprint density at radius 2 is 2.20 bits per heavy atom.